The fraction of sp³-hybridized carbons (Fsp3) is 0.435. The van der Waals surface area contributed by atoms with Crippen molar-refractivity contribution in [1.29, 1.82) is 0 Å². The topological polar surface area (TPSA) is 22.6 Å². The van der Waals surface area contributed by atoms with Crippen molar-refractivity contribution in [2.45, 2.75) is 25.3 Å². The molecule has 2 aliphatic heterocycles. The number of piperidine rings is 1. The molecule has 4 rings (SSSR count). The lowest BCUT2D eigenvalue weighted by Crippen LogP contribution is -2.44. The van der Waals surface area contributed by atoms with Gasteiger partial charge in [-0.2, -0.15) is 0 Å². The van der Waals surface area contributed by atoms with E-state index in [0.29, 0.717) is 0 Å². The number of hydrogen-bond acceptors (Lipinski definition) is 4. The van der Waals surface area contributed by atoms with Crippen LogP contribution in [-0.2, 0) is 0 Å². The molecule has 0 N–H and O–H groups in total. The molecule has 2 saturated heterocycles. The van der Waals surface area contributed by atoms with E-state index in [1.807, 2.05) is 12.1 Å². The van der Waals surface area contributed by atoms with Crippen molar-refractivity contribution in [3.8, 4) is 0 Å². The zero-order chi connectivity index (χ0) is 19.5. The normalized spacial score (nSPS) is 21.0. The number of benzene rings is 1. The van der Waals surface area contributed by atoms with E-state index in [4.69, 9.17) is 4.98 Å². The number of rotatable bonds is 4. The van der Waals surface area contributed by atoms with Gasteiger partial charge in [0.25, 0.3) is 0 Å². The van der Waals surface area contributed by atoms with E-state index in [1.54, 1.807) is 12.1 Å². The molecule has 1 aromatic carbocycles. The first-order valence-corrected chi connectivity index (χ1v) is 10.2. The largest absolute Gasteiger partial charge is 0.363 e. The van der Waals surface area contributed by atoms with Gasteiger partial charge in [-0.15, -0.1) is 0 Å². The van der Waals surface area contributed by atoms with Gasteiger partial charge in [0.15, 0.2) is 0 Å². The number of aromatic nitrogens is 1. The Kier molecular flexibility index (Phi) is 5.62. The van der Waals surface area contributed by atoms with Crippen LogP contribution in [0, 0.1) is 5.82 Å². The fourth-order valence-electron chi connectivity index (χ4n) is 4.26. The molecule has 148 valence electrons. The number of anilines is 1. The van der Waals surface area contributed by atoms with E-state index < -0.39 is 0 Å². The van der Waals surface area contributed by atoms with E-state index in [-0.39, 0.29) is 11.9 Å². The third kappa shape index (κ3) is 4.04. The summed E-state index contributed by atoms with van der Waals surface area (Å²) >= 11 is 0. The van der Waals surface area contributed by atoms with E-state index in [0.717, 1.165) is 74.8 Å². The summed E-state index contributed by atoms with van der Waals surface area (Å²) in [5, 5.41) is 0. The monoisotopic (exact) mass is 380 g/mol. The van der Waals surface area contributed by atoms with E-state index in [2.05, 4.69) is 40.5 Å². The molecule has 3 heterocycles. The standard InChI is InChI=1S/C23H29FN4/c1-18(21-9-6-11-23(25-21)27-15-13-26(2)14-16-27)28-12-4-3-10-22(28)19-7-5-8-20(24)17-19/h5-9,11,17,22H,1,3-4,10,12-16H2,2H3. The molecular weight excluding hydrogens is 351 g/mol. The van der Waals surface area contributed by atoms with Crippen LogP contribution in [0.4, 0.5) is 10.2 Å². The molecular formula is C23H29FN4. The first kappa shape index (κ1) is 18.9. The minimum Gasteiger partial charge on any atom is -0.363 e. The number of nitrogens with zero attached hydrogens (tertiary/aromatic N) is 4. The lowest BCUT2D eigenvalue weighted by molar-refractivity contribution is 0.230. The molecule has 0 radical (unpaired) electrons. The molecule has 0 bridgehead atoms. The van der Waals surface area contributed by atoms with Crippen molar-refractivity contribution >= 4 is 11.5 Å². The Morgan fingerprint density at radius 1 is 1.04 bits per heavy atom. The Labute approximate surface area is 167 Å². The minimum absolute atomic E-state index is 0.158. The van der Waals surface area contributed by atoms with Crippen molar-refractivity contribution in [2.24, 2.45) is 0 Å². The highest BCUT2D eigenvalue weighted by molar-refractivity contribution is 5.61. The summed E-state index contributed by atoms with van der Waals surface area (Å²) in [4.78, 5) is 11.9. The van der Waals surface area contributed by atoms with Crippen molar-refractivity contribution in [1.82, 2.24) is 14.8 Å². The minimum atomic E-state index is -0.177. The molecule has 1 atom stereocenters. The van der Waals surface area contributed by atoms with Gasteiger partial charge in [0, 0.05) is 32.7 Å². The number of likely N-dealkylation sites (tertiary alicyclic amines) is 1. The molecule has 0 saturated carbocycles. The average Bonchev–Trinajstić information content (AvgIpc) is 2.74. The Bertz CT molecular complexity index is 829. The molecule has 2 fully saturated rings. The predicted molar refractivity (Wildman–Crippen MR) is 113 cm³/mol. The van der Waals surface area contributed by atoms with Gasteiger partial charge in [-0.1, -0.05) is 24.8 Å². The van der Waals surface area contributed by atoms with E-state index in [9.17, 15) is 4.39 Å². The third-order valence-corrected chi connectivity index (χ3v) is 5.94. The summed E-state index contributed by atoms with van der Waals surface area (Å²) in [7, 11) is 2.16. The maximum Gasteiger partial charge on any atom is 0.129 e. The Morgan fingerprint density at radius 2 is 1.82 bits per heavy atom. The smallest absolute Gasteiger partial charge is 0.129 e. The summed E-state index contributed by atoms with van der Waals surface area (Å²) in [6.45, 7) is 9.42. The number of halogens is 1. The van der Waals surface area contributed by atoms with Crippen LogP contribution in [0.1, 0.15) is 36.6 Å². The molecule has 0 aliphatic carbocycles. The Balaban J connectivity index is 1.56. The van der Waals surface area contributed by atoms with Crippen molar-refractivity contribution in [3.63, 3.8) is 0 Å². The summed E-state index contributed by atoms with van der Waals surface area (Å²) in [5.74, 6) is 0.842. The van der Waals surface area contributed by atoms with Crippen LogP contribution in [0.5, 0.6) is 0 Å². The van der Waals surface area contributed by atoms with Gasteiger partial charge < -0.3 is 14.7 Å². The molecule has 1 unspecified atom stereocenters. The molecule has 2 aromatic rings. The van der Waals surface area contributed by atoms with Crippen molar-refractivity contribution in [2.75, 3.05) is 44.7 Å². The predicted octanol–water partition coefficient (Wildman–Crippen LogP) is 4.17. The third-order valence-electron chi connectivity index (χ3n) is 5.94. The van der Waals surface area contributed by atoms with Crippen LogP contribution >= 0.6 is 0 Å². The van der Waals surface area contributed by atoms with Gasteiger partial charge in [-0.3, -0.25) is 0 Å². The molecule has 0 amide bonds. The lowest BCUT2D eigenvalue weighted by Gasteiger charge is -2.39. The second-order valence-electron chi connectivity index (χ2n) is 7.88. The van der Waals surface area contributed by atoms with Gasteiger partial charge in [0.2, 0.25) is 0 Å². The van der Waals surface area contributed by atoms with Crippen LogP contribution in [0.2, 0.25) is 0 Å². The summed E-state index contributed by atoms with van der Waals surface area (Å²) in [6, 6.07) is 13.3. The van der Waals surface area contributed by atoms with Gasteiger partial charge in [0.1, 0.15) is 11.6 Å². The van der Waals surface area contributed by atoms with Gasteiger partial charge in [0.05, 0.1) is 17.4 Å². The second kappa shape index (κ2) is 8.31. The quantitative estimate of drug-likeness (QED) is 0.794. The maximum absolute atomic E-state index is 13.8. The molecule has 0 spiro atoms. The number of likely N-dealkylation sites (N-methyl/N-ethyl adjacent to an activating group) is 1. The first-order valence-electron chi connectivity index (χ1n) is 10.2. The van der Waals surface area contributed by atoms with Crippen LogP contribution < -0.4 is 4.90 Å². The first-order chi connectivity index (χ1) is 13.6. The van der Waals surface area contributed by atoms with Crippen LogP contribution in [0.15, 0.2) is 49.0 Å². The fourth-order valence-corrected chi connectivity index (χ4v) is 4.26. The molecule has 4 nitrogen and oxygen atoms in total. The van der Waals surface area contributed by atoms with Gasteiger partial charge in [-0.25, -0.2) is 9.37 Å². The Morgan fingerprint density at radius 3 is 2.61 bits per heavy atom. The van der Waals surface area contributed by atoms with Gasteiger partial charge in [-0.05, 0) is 56.1 Å². The highest BCUT2D eigenvalue weighted by Gasteiger charge is 2.26. The zero-order valence-electron chi connectivity index (χ0n) is 16.6. The van der Waals surface area contributed by atoms with E-state index >= 15 is 0 Å². The number of hydrogen-bond donors (Lipinski definition) is 0. The summed E-state index contributed by atoms with van der Waals surface area (Å²) in [5.41, 5.74) is 2.88. The highest BCUT2D eigenvalue weighted by Crippen LogP contribution is 2.36. The van der Waals surface area contributed by atoms with Crippen LogP contribution in [0.3, 0.4) is 0 Å². The van der Waals surface area contributed by atoms with Gasteiger partial charge >= 0.3 is 0 Å². The van der Waals surface area contributed by atoms with E-state index in [1.165, 1.54) is 6.07 Å². The Hall–Kier alpha value is -2.40. The van der Waals surface area contributed by atoms with Crippen molar-refractivity contribution in [3.05, 3.63) is 66.1 Å². The van der Waals surface area contributed by atoms with Crippen LogP contribution in [-0.4, -0.2) is 54.6 Å². The average molecular weight is 381 g/mol. The lowest BCUT2D eigenvalue weighted by atomic mass is 9.94. The van der Waals surface area contributed by atoms with Crippen LogP contribution in [0.25, 0.3) is 5.70 Å². The number of pyridine rings is 1. The second-order valence-corrected chi connectivity index (χ2v) is 7.88. The zero-order valence-corrected chi connectivity index (χ0v) is 16.6. The summed E-state index contributed by atoms with van der Waals surface area (Å²) in [6.07, 6.45) is 3.29. The SMILES string of the molecule is C=C(c1cccc(N2CCN(C)CC2)n1)N1CCCCC1c1cccc(F)c1. The highest BCUT2D eigenvalue weighted by atomic mass is 19.1. The molecule has 1 aromatic heterocycles. The molecule has 5 heteroatoms. The summed E-state index contributed by atoms with van der Waals surface area (Å²) < 4.78 is 13.8. The molecule has 28 heavy (non-hydrogen) atoms. The number of piperazine rings is 1. The maximum atomic E-state index is 13.8. The molecule has 2 aliphatic rings. The van der Waals surface area contributed by atoms with Crippen molar-refractivity contribution < 1.29 is 4.39 Å².